The van der Waals surface area contributed by atoms with Gasteiger partial charge < -0.3 is 10.2 Å². The number of thioether (sulfide) groups is 1. The van der Waals surface area contributed by atoms with Crippen molar-refractivity contribution in [2.45, 2.75) is 36.8 Å². The zero-order chi connectivity index (χ0) is 14.8. The third kappa shape index (κ3) is 3.48. The van der Waals surface area contributed by atoms with E-state index in [1.54, 1.807) is 23.9 Å². The molecule has 0 saturated carbocycles. The van der Waals surface area contributed by atoms with Crippen molar-refractivity contribution < 1.29 is 10.2 Å². The number of rotatable bonds is 3. The van der Waals surface area contributed by atoms with Crippen LogP contribution in [0.25, 0.3) is 0 Å². The summed E-state index contributed by atoms with van der Waals surface area (Å²) in [6.45, 7) is 6.07. The highest BCUT2D eigenvalue weighted by atomic mass is 32.2. The van der Waals surface area contributed by atoms with Gasteiger partial charge in [-0.15, -0.1) is 11.8 Å². The first-order valence-corrected chi connectivity index (χ1v) is 7.59. The predicted molar refractivity (Wildman–Crippen MR) is 84.5 cm³/mol. The summed E-state index contributed by atoms with van der Waals surface area (Å²) >= 11 is 1.64. The van der Waals surface area contributed by atoms with Crippen molar-refractivity contribution in [3.63, 3.8) is 0 Å². The van der Waals surface area contributed by atoms with Gasteiger partial charge in [0.25, 0.3) is 0 Å². The molecular formula is C17H20O2S. The van der Waals surface area contributed by atoms with E-state index in [9.17, 15) is 10.2 Å². The minimum absolute atomic E-state index is 0.199. The van der Waals surface area contributed by atoms with Crippen molar-refractivity contribution in [3.05, 3.63) is 53.6 Å². The van der Waals surface area contributed by atoms with Gasteiger partial charge in [-0.25, -0.2) is 0 Å². The van der Waals surface area contributed by atoms with Gasteiger partial charge in [-0.2, -0.15) is 0 Å². The summed E-state index contributed by atoms with van der Waals surface area (Å²) in [5, 5.41) is 20.3. The van der Waals surface area contributed by atoms with Gasteiger partial charge in [0.05, 0.1) is 0 Å². The Kier molecular flexibility index (Phi) is 4.29. The zero-order valence-corrected chi connectivity index (χ0v) is 12.9. The Bertz CT molecular complexity index is 586. The second-order valence-corrected chi connectivity index (χ2v) is 6.90. The number of phenolic OH excluding ortho intramolecular Hbond substituents is 2. The molecule has 20 heavy (non-hydrogen) atoms. The second kappa shape index (κ2) is 5.80. The average Bonchev–Trinajstić information content (AvgIpc) is 2.39. The zero-order valence-electron chi connectivity index (χ0n) is 12.1. The minimum Gasteiger partial charge on any atom is -0.508 e. The van der Waals surface area contributed by atoms with Crippen LogP contribution in [0.3, 0.4) is 0 Å². The molecular weight excluding hydrogens is 268 g/mol. The van der Waals surface area contributed by atoms with Crippen LogP contribution in [-0.2, 0) is 11.2 Å². The Morgan fingerprint density at radius 2 is 1.65 bits per heavy atom. The van der Waals surface area contributed by atoms with Gasteiger partial charge in [0.2, 0.25) is 0 Å². The van der Waals surface area contributed by atoms with Gasteiger partial charge in [-0.1, -0.05) is 39.0 Å². The lowest BCUT2D eigenvalue weighted by atomic mass is 9.85. The number of hydrogen-bond acceptors (Lipinski definition) is 3. The SMILES string of the molecule is CC(C)(C)c1cc(O)cc(CSc2ccccc2)c1O. The molecule has 0 atom stereocenters. The lowest BCUT2D eigenvalue weighted by Gasteiger charge is -2.22. The molecule has 3 heteroatoms. The number of aromatic hydroxyl groups is 2. The largest absolute Gasteiger partial charge is 0.508 e. The molecule has 0 aliphatic rings. The van der Waals surface area contributed by atoms with Crippen molar-refractivity contribution in [3.8, 4) is 11.5 Å². The fourth-order valence-electron chi connectivity index (χ4n) is 2.04. The Morgan fingerprint density at radius 3 is 2.25 bits per heavy atom. The van der Waals surface area contributed by atoms with E-state index in [4.69, 9.17) is 0 Å². The standard InChI is InChI=1S/C17H20O2S/c1-17(2,3)15-10-13(18)9-12(16(15)19)11-20-14-7-5-4-6-8-14/h4-10,18-19H,11H2,1-3H3. The third-order valence-electron chi connectivity index (χ3n) is 3.12. The van der Waals surface area contributed by atoms with Gasteiger partial charge in [-0.05, 0) is 29.7 Å². The topological polar surface area (TPSA) is 40.5 Å². The van der Waals surface area contributed by atoms with Crippen LogP contribution in [0.2, 0.25) is 0 Å². The smallest absolute Gasteiger partial charge is 0.123 e. The van der Waals surface area contributed by atoms with Crippen LogP contribution in [0.1, 0.15) is 31.9 Å². The summed E-state index contributed by atoms with van der Waals surface area (Å²) in [5.41, 5.74) is 1.35. The van der Waals surface area contributed by atoms with E-state index < -0.39 is 0 Å². The molecule has 2 nitrogen and oxygen atoms in total. The molecule has 0 unspecified atom stereocenters. The lowest BCUT2D eigenvalue weighted by molar-refractivity contribution is 0.431. The fraction of sp³-hybridized carbons (Fsp3) is 0.294. The number of benzene rings is 2. The summed E-state index contributed by atoms with van der Waals surface area (Å²) in [6, 6.07) is 13.3. The van der Waals surface area contributed by atoms with E-state index >= 15 is 0 Å². The summed E-state index contributed by atoms with van der Waals surface area (Å²) in [7, 11) is 0. The number of phenols is 2. The first kappa shape index (κ1) is 14.8. The molecule has 2 aromatic rings. The van der Waals surface area contributed by atoms with E-state index in [0.717, 1.165) is 16.0 Å². The van der Waals surface area contributed by atoms with Crippen LogP contribution in [0.5, 0.6) is 11.5 Å². The summed E-state index contributed by atoms with van der Waals surface area (Å²) < 4.78 is 0. The van der Waals surface area contributed by atoms with Crippen molar-refractivity contribution in [2.24, 2.45) is 0 Å². The summed E-state index contributed by atoms with van der Waals surface area (Å²) in [6.07, 6.45) is 0. The van der Waals surface area contributed by atoms with Crippen molar-refractivity contribution in [1.29, 1.82) is 0 Å². The molecule has 0 spiro atoms. The van der Waals surface area contributed by atoms with Crippen LogP contribution in [-0.4, -0.2) is 10.2 Å². The maximum Gasteiger partial charge on any atom is 0.123 e. The maximum atomic E-state index is 10.4. The van der Waals surface area contributed by atoms with E-state index in [1.165, 1.54) is 0 Å². The van der Waals surface area contributed by atoms with E-state index in [0.29, 0.717) is 11.5 Å². The first-order valence-electron chi connectivity index (χ1n) is 6.61. The van der Waals surface area contributed by atoms with Crippen molar-refractivity contribution >= 4 is 11.8 Å². The molecule has 2 rings (SSSR count). The molecule has 0 heterocycles. The quantitative estimate of drug-likeness (QED) is 0.636. The molecule has 0 saturated heterocycles. The molecule has 0 amide bonds. The molecule has 0 aromatic heterocycles. The van der Waals surface area contributed by atoms with E-state index in [2.05, 4.69) is 0 Å². The van der Waals surface area contributed by atoms with E-state index in [1.807, 2.05) is 51.1 Å². The fourth-order valence-corrected chi connectivity index (χ4v) is 2.93. The predicted octanol–water partition coefficient (Wildman–Crippen LogP) is 4.69. The van der Waals surface area contributed by atoms with Gasteiger partial charge >= 0.3 is 0 Å². The summed E-state index contributed by atoms with van der Waals surface area (Å²) in [4.78, 5) is 1.15. The molecule has 0 aliphatic heterocycles. The maximum absolute atomic E-state index is 10.4. The molecule has 2 N–H and O–H groups in total. The molecule has 0 bridgehead atoms. The average molecular weight is 288 g/mol. The third-order valence-corrected chi connectivity index (χ3v) is 4.18. The Balaban J connectivity index is 2.26. The van der Waals surface area contributed by atoms with Crippen LogP contribution in [0.15, 0.2) is 47.4 Å². The van der Waals surface area contributed by atoms with Gasteiger partial charge in [0, 0.05) is 21.8 Å². The normalized spacial score (nSPS) is 11.6. The van der Waals surface area contributed by atoms with Crippen LogP contribution in [0, 0.1) is 0 Å². The van der Waals surface area contributed by atoms with Crippen molar-refractivity contribution in [2.75, 3.05) is 0 Å². The Hall–Kier alpha value is -1.61. The van der Waals surface area contributed by atoms with Crippen LogP contribution >= 0.6 is 11.8 Å². The number of hydrogen-bond donors (Lipinski definition) is 2. The highest BCUT2D eigenvalue weighted by Gasteiger charge is 2.21. The van der Waals surface area contributed by atoms with E-state index in [-0.39, 0.29) is 11.2 Å². The minimum atomic E-state index is -0.199. The molecule has 106 valence electrons. The van der Waals surface area contributed by atoms with Gasteiger partial charge in [0.1, 0.15) is 11.5 Å². The molecule has 0 aliphatic carbocycles. The lowest BCUT2D eigenvalue weighted by Crippen LogP contribution is -2.12. The Morgan fingerprint density at radius 1 is 1.00 bits per heavy atom. The van der Waals surface area contributed by atoms with Crippen LogP contribution < -0.4 is 0 Å². The second-order valence-electron chi connectivity index (χ2n) is 5.85. The van der Waals surface area contributed by atoms with Gasteiger partial charge in [0.15, 0.2) is 0 Å². The molecule has 2 aromatic carbocycles. The first-order chi connectivity index (χ1) is 9.38. The molecule has 0 fully saturated rings. The monoisotopic (exact) mass is 288 g/mol. The summed E-state index contributed by atoms with van der Waals surface area (Å²) in [5.74, 6) is 1.13. The highest BCUT2D eigenvalue weighted by molar-refractivity contribution is 7.98. The van der Waals surface area contributed by atoms with Crippen molar-refractivity contribution in [1.82, 2.24) is 0 Å². The van der Waals surface area contributed by atoms with Crippen LogP contribution in [0.4, 0.5) is 0 Å². The highest BCUT2D eigenvalue weighted by Crippen LogP contribution is 2.38. The van der Waals surface area contributed by atoms with Gasteiger partial charge in [-0.3, -0.25) is 0 Å². The molecule has 0 radical (unpaired) electrons. The Labute approximate surface area is 124 Å².